The van der Waals surface area contributed by atoms with Crippen LogP contribution in [0.1, 0.15) is 29.8 Å². The van der Waals surface area contributed by atoms with Crippen LogP contribution in [-0.4, -0.2) is 52.7 Å². The van der Waals surface area contributed by atoms with Crippen LogP contribution < -0.4 is 0 Å². The Labute approximate surface area is 151 Å². The molecule has 2 fully saturated rings. The summed E-state index contributed by atoms with van der Waals surface area (Å²) in [5.74, 6) is -1.04. The number of ether oxygens (including phenoxy) is 1. The monoisotopic (exact) mass is 354 g/mol. The summed E-state index contributed by atoms with van der Waals surface area (Å²) in [6, 6.07) is 9.66. The van der Waals surface area contributed by atoms with Crippen LogP contribution in [0.2, 0.25) is 0 Å². The first-order valence-corrected chi connectivity index (χ1v) is 9.12. The van der Waals surface area contributed by atoms with Gasteiger partial charge in [0.25, 0.3) is 5.91 Å². The van der Waals surface area contributed by atoms with Gasteiger partial charge in [-0.2, -0.15) is 0 Å². The van der Waals surface area contributed by atoms with E-state index in [1.807, 2.05) is 35.2 Å². The molecular weight excluding hydrogens is 332 g/mol. The van der Waals surface area contributed by atoms with E-state index in [-0.39, 0.29) is 17.9 Å². The molecule has 1 amide bonds. The minimum absolute atomic E-state index is 0.0534. The van der Waals surface area contributed by atoms with Gasteiger partial charge in [0.2, 0.25) is 0 Å². The minimum atomic E-state index is -0.772. The van der Waals surface area contributed by atoms with Gasteiger partial charge in [0.15, 0.2) is 0 Å². The Kier molecular flexibility index (Phi) is 4.59. The lowest BCUT2D eigenvalue weighted by Gasteiger charge is -2.35. The number of pyridine rings is 1. The van der Waals surface area contributed by atoms with Crippen molar-refractivity contribution >= 4 is 22.6 Å². The molecule has 2 aliphatic heterocycles. The third-order valence-electron chi connectivity index (χ3n) is 5.62. The molecule has 3 heterocycles. The molecule has 1 aromatic heterocycles. The lowest BCUT2D eigenvalue weighted by molar-refractivity contribution is -0.145. The number of aliphatic carboxylic acids is 1. The molecule has 0 radical (unpaired) electrons. The van der Waals surface area contributed by atoms with E-state index in [0.717, 1.165) is 23.6 Å². The molecule has 1 aromatic carbocycles. The zero-order chi connectivity index (χ0) is 18.1. The molecule has 0 saturated carbocycles. The summed E-state index contributed by atoms with van der Waals surface area (Å²) in [7, 11) is 0. The maximum absolute atomic E-state index is 13.0. The first-order valence-electron chi connectivity index (χ1n) is 9.12. The van der Waals surface area contributed by atoms with Crippen molar-refractivity contribution in [3.8, 4) is 0 Å². The van der Waals surface area contributed by atoms with Crippen molar-refractivity contribution in [1.82, 2.24) is 9.88 Å². The van der Waals surface area contributed by atoms with Crippen LogP contribution in [0.5, 0.6) is 0 Å². The van der Waals surface area contributed by atoms with Gasteiger partial charge in [-0.3, -0.25) is 14.6 Å². The molecule has 2 atom stereocenters. The maximum Gasteiger partial charge on any atom is 0.309 e. The van der Waals surface area contributed by atoms with Crippen molar-refractivity contribution < 1.29 is 19.4 Å². The highest BCUT2D eigenvalue weighted by molar-refractivity contribution is 6.05. The van der Waals surface area contributed by atoms with E-state index in [0.29, 0.717) is 31.8 Å². The van der Waals surface area contributed by atoms with Gasteiger partial charge in [-0.1, -0.05) is 24.3 Å². The van der Waals surface area contributed by atoms with Crippen molar-refractivity contribution in [3.63, 3.8) is 0 Å². The number of hydrogen-bond donors (Lipinski definition) is 1. The lowest BCUT2D eigenvalue weighted by Crippen LogP contribution is -2.43. The van der Waals surface area contributed by atoms with Gasteiger partial charge in [0.05, 0.1) is 12.0 Å². The molecule has 2 aliphatic rings. The van der Waals surface area contributed by atoms with Crippen molar-refractivity contribution in [2.24, 2.45) is 11.8 Å². The summed E-state index contributed by atoms with van der Waals surface area (Å²) >= 11 is 0. The lowest BCUT2D eigenvalue weighted by atomic mass is 9.84. The highest BCUT2D eigenvalue weighted by Crippen LogP contribution is 2.33. The van der Waals surface area contributed by atoms with Gasteiger partial charge in [-0.15, -0.1) is 0 Å². The topological polar surface area (TPSA) is 79.7 Å². The van der Waals surface area contributed by atoms with Gasteiger partial charge in [-0.05, 0) is 36.6 Å². The summed E-state index contributed by atoms with van der Waals surface area (Å²) in [5, 5.41) is 11.2. The van der Waals surface area contributed by atoms with Gasteiger partial charge in [-0.25, -0.2) is 0 Å². The number of carboxylic acid groups (broad SMARTS) is 1. The van der Waals surface area contributed by atoms with Crippen molar-refractivity contribution in [1.29, 1.82) is 0 Å². The second-order valence-electron chi connectivity index (χ2n) is 7.08. The zero-order valence-corrected chi connectivity index (χ0v) is 14.5. The second-order valence-corrected chi connectivity index (χ2v) is 7.08. The smallest absolute Gasteiger partial charge is 0.309 e. The number of fused-ring (bicyclic) bond motifs is 1. The van der Waals surface area contributed by atoms with Crippen LogP contribution in [0.25, 0.3) is 10.8 Å². The fourth-order valence-corrected chi connectivity index (χ4v) is 4.21. The Morgan fingerprint density at radius 2 is 1.88 bits per heavy atom. The van der Waals surface area contributed by atoms with Gasteiger partial charge in [0.1, 0.15) is 5.69 Å². The van der Waals surface area contributed by atoms with Crippen LogP contribution >= 0.6 is 0 Å². The molecule has 2 saturated heterocycles. The molecule has 136 valence electrons. The Bertz CT molecular complexity index is 824. The first-order chi connectivity index (χ1) is 12.6. The highest BCUT2D eigenvalue weighted by atomic mass is 16.5. The molecule has 0 aliphatic carbocycles. The number of likely N-dealkylation sites (tertiary alicyclic amines) is 1. The van der Waals surface area contributed by atoms with Crippen LogP contribution in [0.15, 0.2) is 36.5 Å². The van der Waals surface area contributed by atoms with E-state index < -0.39 is 11.9 Å². The SMILES string of the molecule is O=C(O)C1CCO[C@H]1C1CCN(C(=O)c2nccc3ccccc23)CC1. The molecule has 6 heteroatoms. The molecule has 6 nitrogen and oxygen atoms in total. The standard InChI is InChI=1S/C20H22N2O4/c23-19(17-15-4-2-1-3-13(15)5-9-21-17)22-10-6-14(7-11-22)18-16(20(24)25)8-12-26-18/h1-5,9,14,16,18H,6-8,10-12H2,(H,24,25)/t16?,18-/m0/s1. The number of aromatic nitrogens is 1. The van der Waals surface area contributed by atoms with Gasteiger partial charge < -0.3 is 14.7 Å². The van der Waals surface area contributed by atoms with E-state index in [2.05, 4.69) is 4.98 Å². The summed E-state index contributed by atoms with van der Waals surface area (Å²) in [5.41, 5.74) is 0.488. The van der Waals surface area contributed by atoms with E-state index >= 15 is 0 Å². The largest absolute Gasteiger partial charge is 0.481 e. The number of carbonyl (C=O) groups is 2. The molecule has 1 N–H and O–H groups in total. The second kappa shape index (κ2) is 7.03. The molecule has 2 aromatic rings. The van der Waals surface area contributed by atoms with E-state index in [9.17, 15) is 14.7 Å². The third-order valence-corrected chi connectivity index (χ3v) is 5.62. The normalized spacial score (nSPS) is 24.1. The molecule has 26 heavy (non-hydrogen) atoms. The predicted molar refractivity (Wildman–Crippen MR) is 95.9 cm³/mol. The summed E-state index contributed by atoms with van der Waals surface area (Å²) in [6.45, 7) is 1.74. The maximum atomic E-state index is 13.0. The zero-order valence-electron chi connectivity index (χ0n) is 14.5. The number of carboxylic acids is 1. The molecular formula is C20H22N2O4. The predicted octanol–water partition coefficient (Wildman–Crippen LogP) is 2.58. The van der Waals surface area contributed by atoms with Crippen molar-refractivity contribution in [2.45, 2.75) is 25.4 Å². The minimum Gasteiger partial charge on any atom is -0.481 e. The first kappa shape index (κ1) is 17.0. The van der Waals surface area contributed by atoms with Crippen LogP contribution in [0.4, 0.5) is 0 Å². The quantitative estimate of drug-likeness (QED) is 0.916. The van der Waals surface area contributed by atoms with Gasteiger partial charge >= 0.3 is 5.97 Å². The van der Waals surface area contributed by atoms with Crippen LogP contribution in [-0.2, 0) is 9.53 Å². The third kappa shape index (κ3) is 3.05. The van der Waals surface area contributed by atoms with Crippen LogP contribution in [0, 0.1) is 11.8 Å². The fourth-order valence-electron chi connectivity index (χ4n) is 4.21. The number of amides is 1. The number of rotatable bonds is 3. The summed E-state index contributed by atoms with van der Waals surface area (Å²) in [4.78, 5) is 30.5. The Morgan fingerprint density at radius 1 is 1.12 bits per heavy atom. The summed E-state index contributed by atoms with van der Waals surface area (Å²) in [6.07, 6.45) is 3.57. The van der Waals surface area contributed by atoms with Crippen LogP contribution in [0.3, 0.4) is 0 Å². The van der Waals surface area contributed by atoms with E-state index in [4.69, 9.17) is 4.74 Å². The summed E-state index contributed by atoms with van der Waals surface area (Å²) < 4.78 is 5.71. The fraction of sp³-hybridized carbons (Fsp3) is 0.450. The number of benzene rings is 1. The average Bonchev–Trinajstić information content (AvgIpc) is 3.17. The van der Waals surface area contributed by atoms with E-state index in [1.54, 1.807) is 6.20 Å². The molecule has 1 unspecified atom stereocenters. The van der Waals surface area contributed by atoms with Gasteiger partial charge in [0, 0.05) is 31.3 Å². The Morgan fingerprint density at radius 3 is 2.65 bits per heavy atom. The number of nitrogens with zero attached hydrogens (tertiary/aromatic N) is 2. The molecule has 4 rings (SSSR count). The average molecular weight is 354 g/mol. The van der Waals surface area contributed by atoms with Crippen molar-refractivity contribution in [3.05, 3.63) is 42.2 Å². The van der Waals surface area contributed by atoms with E-state index in [1.165, 1.54) is 0 Å². The Balaban J connectivity index is 1.46. The molecule has 0 bridgehead atoms. The molecule has 0 spiro atoms. The highest BCUT2D eigenvalue weighted by Gasteiger charge is 2.41. The number of hydrogen-bond acceptors (Lipinski definition) is 4. The number of piperidine rings is 1. The number of carbonyl (C=O) groups excluding carboxylic acids is 1. The Hall–Kier alpha value is -2.47. The van der Waals surface area contributed by atoms with Crippen molar-refractivity contribution in [2.75, 3.05) is 19.7 Å².